The number of hydrogen-bond acceptors (Lipinski definition) is 1. The minimum Gasteiger partial charge on any atom is -0.327 e. The minimum absolute atomic E-state index is 0.328. The topological polar surface area (TPSA) is 26.0 Å². The lowest BCUT2D eigenvalue weighted by Crippen LogP contribution is -2.36. The average Bonchev–Trinajstić information content (AvgIpc) is 2.99. The van der Waals surface area contributed by atoms with Crippen LogP contribution in [-0.2, 0) is 0 Å². The van der Waals surface area contributed by atoms with Gasteiger partial charge in [0.2, 0.25) is 0 Å². The van der Waals surface area contributed by atoms with E-state index in [-0.39, 0.29) is 0 Å². The van der Waals surface area contributed by atoms with Gasteiger partial charge in [-0.05, 0) is 86.0 Å². The maximum Gasteiger partial charge on any atom is 0.00825 e. The van der Waals surface area contributed by atoms with E-state index in [4.69, 9.17) is 5.73 Å². The Morgan fingerprint density at radius 2 is 1.89 bits per heavy atom. The van der Waals surface area contributed by atoms with Crippen molar-refractivity contribution in [2.24, 2.45) is 34.8 Å². The second-order valence-electron chi connectivity index (χ2n) is 10.9. The summed E-state index contributed by atoms with van der Waals surface area (Å²) >= 11 is 0. The smallest absolute Gasteiger partial charge is 0.00825 e. The van der Waals surface area contributed by atoms with Gasteiger partial charge in [0.25, 0.3) is 0 Å². The molecule has 0 radical (unpaired) electrons. The van der Waals surface area contributed by atoms with Crippen molar-refractivity contribution in [2.75, 3.05) is 0 Å². The van der Waals surface area contributed by atoms with Crippen LogP contribution in [0.3, 0.4) is 0 Å². The van der Waals surface area contributed by atoms with Crippen LogP contribution in [0.15, 0.2) is 35.5 Å². The maximum atomic E-state index is 6.21. The molecule has 0 aliphatic heterocycles. The van der Waals surface area contributed by atoms with Crippen molar-refractivity contribution in [2.45, 2.75) is 104 Å². The van der Waals surface area contributed by atoms with Crippen LogP contribution >= 0.6 is 0 Å². The van der Waals surface area contributed by atoms with E-state index in [9.17, 15) is 0 Å². The van der Waals surface area contributed by atoms with Gasteiger partial charge in [-0.15, -0.1) is 0 Å². The third kappa shape index (κ3) is 4.84. The Morgan fingerprint density at radius 3 is 2.64 bits per heavy atom. The van der Waals surface area contributed by atoms with Crippen LogP contribution in [0, 0.1) is 29.1 Å². The van der Waals surface area contributed by atoms with Crippen molar-refractivity contribution >= 4 is 0 Å². The highest BCUT2D eigenvalue weighted by molar-refractivity contribution is 5.36. The van der Waals surface area contributed by atoms with E-state index in [1.165, 1.54) is 62.5 Å². The second-order valence-corrected chi connectivity index (χ2v) is 10.9. The Hall–Kier alpha value is -0.820. The second kappa shape index (κ2) is 9.33. The number of nitrogens with two attached hydrogens (primary N) is 1. The molecule has 0 aromatic carbocycles. The lowest BCUT2D eigenvalue weighted by molar-refractivity contribution is 0.0929. The summed E-state index contributed by atoms with van der Waals surface area (Å²) in [5, 5.41) is 0. The number of allylic oxidation sites excluding steroid dienone is 4. The Bertz CT molecular complexity index is 610. The first kappa shape index (κ1) is 21.9. The summed E-state index contributed by atoms with van der Waals surface area (Å²) in [6.07, 6.45) is 19.3. The Kier molecular flexibility index (Phi) is 7.29. The molecule has 0 aromatic rings. The standard InChI is InChI=1S/C27H45N/c1-19(2)8-6-9-21(4)25-15-16-26-22(10-7-17-27(25,26)5)12-13-23-18-24(28)14-11-20(23)3/h12-13,19,21,24-26H,3,6-11,14-18,28H2,1-2,4-5H3/b22-12+,23-13-/t21-,24+,25-,26+,27-/m1/s1. The molecule has 5 atom stereocenters. The lowest BCUT2D eigenvalue weighted by atomic mass is 9.60. The summed E-state index contributed by atoms with van der Waals surface area (Å²) in [7, 11) is 0. The van der Waals surface area contributed by atoms with E-state index >= 15 is 0 Å². The zero-order valence-electron chi connectivity index (χ0n) is 19.1. The fourth-order valence-electron chi connectivity index (χ4n) is 6.71. The number of hydrogen-bond donors (Lipinski definition) is 1. The van der Waals surface area contributed by atoms with Crippen molar-refractivity contribution in [3.05, 3.63) is 35.5 Å². The van der Waals surface area contributed by atoms with Gasteiger partial charge < -0.3 is 5.73 Å². The molecule has 3 rings (SSSR count). The number of rotatable bonds is 6. The van der Waals surface area contributed by atoms with Gasteiger partial charge in [0, 0.05) is 6.04 Å². The molecule has 0 aromatic heterocycles. The van der Waals surface area contributed by atoms with Crippen LogP contribution in [0.4, 0.5) is 0 Å². The van der Waals surface area contributed by atoms with E-state index in [0.717, 1.165) is 42.9 Å². The molecule has 1 nitrogen and oxygen atoms in total. The Morgan fingerprint density at radius 1 is 1.11 bits per heavy atom. The van der Waals surface area contributed by atoms with Gasteiger partial charge in [0.05, 0.1) is 0 Å². The molecule has 0 heterocycles. The zero-order chi connectivity index (χ0) is 20.3. The van der Waals surface area contributed by atoms with Gasteiger partial charge in [-0.2, -0.15) is 0 Å². The Labute approximate surface area is 174 Å². The van der Waals surface area contributed by atoms with Crippen molar-refractivity contribution in [1.82, 2.24) is 0 Å². The first-order chi connectivity index (χ1) is 13.3. The van der Waals surface area contributed by atoms with E-state index in [1.54, 1.807) is 5.57 Å². The van der Waals surface area contributed by atoms with Crippen molar-refractivity contribution in [3.63, 3.8) is 0 Å². The molecule has 158 valence electrons. The zero-order valence-corrected chi connectivity index (χ0v) is 19.1. The molecule has 3 aliphatic carbocycles. The maximum absolute atomic E-state index is 6.21. The number of fused-ring (bicyclic) bond motifs is 1. The van der Waals surface area contributed by atoms with Gasteiger partial charge in [-0.1, -0.05) is 76.8 Å². The monoisotopic (exact) mass is 383 g/mol. The predicted molar refractivity (Wildman–Crippen MR) is 123 cm³/mol. The van der Waals surface area contributed by atoms with Crippen LogP contribution in [-0.4, -0.2) is 6.04 Å². The third-order valence-electron chi connectivity index (χ3n) is 8.42. The summed E-state index contributed by atoms with van der Waals surface area (Å²) in [6.45, 7) is 14.2. The molecule has 0 spiro atoms. The minimum atomic E-state index is 0.328. The fraction of sp³-hybridized carbons (Fsp3) is 0.778. The molecule has 1 heteroatoms. The van der Waals surface area contributed by atoms with E-state index in [2.05, 4.69) is 46.4 Å². The van der Waals surface area contributed by atoms with E-state index < -0.39 is 0 Å². The Balaban J connectivity index is 1.70. The first-order valence-corrected chi connectivity index (χ1v) is 12.1. The average molecular weight is 384 g/mol. The quantitative estimate of drug-likeness (QED) is 0.502. The first-order valence-electron chi connectivity index (χ1n) is 12.1. The van der Waals surface area contributed by atoms with Crippen molar-refractivity contribution < 1.29 is 0 Å². The van der Waals surface area contributed by atoms with E-state index in [1.807, 2.05) is 0 Å². The molecule has 3 aliphatic rings. The summed E-state index contributed by atoms with van der Waals surface area (Å²) in [5.41, 5.74) is 11.2. The van der Waals surface area contributed by atoms with Crippen LogP contribution in [0.25, 0.3) is 0 Å². The van der Waals surface area contributed by atoms with Crippen molar-refractivity contribution in [3.8, 4) is 0 Å². The molecule has 0 unspecified atom stereocenters. The SMILES string of the molecule is C=C1CC[C@H](N)C/C1=C/C=C1\CCC[C@]2(C)[C@@H]([C@H](C)CCCC(C)C)CC[C@@H]12. The molecule has 28 heavy (non-hydrogen) atoms. The van der Waals surface area contributed by atoms with Gasteiger partial charge in [-0.3, -0.25) is 0 Å². The van der Waals surface area contributed by atoms with Gasteiger partial charge in [0.1, 0.15) is 0 Å². The molecule has 3 saturated carbocycles. The molecular weight excluding hydrogens is 338 g/mol. The normalized spacial score (nSPS) is 37.6. The van der Waals surface area contributed by atoms with Gasteiger partial charge in [-0.25, -0.2) is 0 Å². The van der Waals surface area contributed by atoms with E-state index in [0.29, 0.717) is 11.5 Å². The van der Waals surface area contributed by atoms with Crippen LogP contribution < -0.4 is 5.73 Å². The fourth-order valence-corrected chi connectivity index (χ4v) is 6.71. The molecule has 0 saturated heterocycles. The summed E-state index contributed by atoms with van der Waals surface area (Å²) in [5.74, 6) is 3.45. The van der Waals surface area contributed by atoms with Gasteiger partial charge >= 0.3 is 0 Å². The highest BCUT2D eigenvalue weighted by atomic mass is 14.6. The molecule has 0 amide bonds. The summed E-state index contributed by atoms with van der Waals surface area (Å²) in [6, 6.07) is 0.328. The third-order valence-corrected chi connectivity index (χ3v) is 8.42. The molecular formula is C27H45N. The molecule has 2 N–H and O–H groups in total. The van der Waals surface area contributed by atoms with Crippen LogP contribution in [0.5, 0.6) is 0 Å². The highest BCUT2D eigenvalue weighted by Crippen LogP contribution is 2.59. The van der Waals surface area contributed by atoms with Gasteiger partial charge in [0.15, 0.2) is 0 Å². The van der Waals surface area contributed by atoms with Crippen LogP contribution in [0.2, 0.25) is 0 Å². The van der Waals surface area contributed by atoms with Crippen molar-refractivity contribution in [1.29, 1.82) is 0 Å². The predicted octanol–water partition coefficient (Wildman–Crippen LogP) is 7.59. The molecule has 0 bridgehead atoms. The lowest BCUT2D eigenvalue weighted by Gasteiger charge is -2.44. The van der Waals surface area contributed by atoms with Crippen LogP contribution in [0.1, 0.15) is 98.3 Å². The summed E-state index contributed by atoms with van der Waals surface area (Å²) < 4.78 is 0. The summed E-state index contributed by atoms with van der Waals surface area (Å²) in [4.78, 5) is 0. The molecule has 3 fully saturated rings. The largest absolute Gasteiger partial charge is 0.327 e. The highest BCUT2D eigenvalue weighted by Gasteiger charge is 2.50.